The van der Waals surface area contributed by atoms with E-state index in [4.69, 9.17) is 0 Å². The molecule has 18 heavy (non-hydrogen) atoms. The molecule has 1 spiro atoms. The van der Waals surface area contributed by atoms with Crippen LogP contribution in [-0.2, 0) is 5.54 Å². The highest BCUT2D eigenvalue weighted by molar-refractivity contribution is 6.00. The standard InChI is InChI=1S/C16H19NO/c1-12(2)11-17-15(18)13-7-3-4-8-14(13)16(17)9-5-6-10-16/h3-5,7-9,12H,6,10-11H2,1-2H3. The van der Waals surface area contributed by atoms with Crippen LogP contribution in [0.15, 0.2) is 36.4 Å². The van der Waals surface area contributed by atoms with Crippen molar-refractivity contribution in [3.63, 3.8) is 0 Å². The third-order valence-electron chi connectivity index (χ3n) is 3.98. The van der Waals surface area contributed by atoms with Gasteiger partial charge in [0.25, 0.3) is 5.91 Å². The number of hydrogen-bond acceptors (Lipinski definition) is 1. The van der Waals surface area contributed by atoms with E-state index in [1.165, 1.54) is 5.56 Å². The lowest BCUT2D eigenvalue weighted by Gasteiger charge is -2.35. The van der Waals surface area contributed by atoms with Crippen LogP contribution in [0.1, 0.15) is 42.6 Å². The second-order valence-corrected chi connectivity index (χ2v) is 5.72. The second kappa shape index (κ2) is 3.98. The van der Waals surface area contributed by atoms with Crippen LogP contribution in [0.4, 0.5) is 0 Å². The number of carbonyl (C=O) groups excluding carboxylic acids is 1. The molecule has 1 heterocycles. The van der Waals surface area contributed by atoms with E-state index in [9.17, 15) is 4.79 Å². The van der Waals surface area contributed by atoms with E-state index < -0.39 is 0 Å². The van der Waals surface area contributed by atoms with Gasteiger partial charge in [0.2, 0.25) is 0 Å². The van der Waals surface area contributed by atoms with Crippen molar-refractivity contribution in [2.45, 2.75) is 32.2 Å². The highest BCUT2D eigenvalue weighted by Gasteiger charge is 2.48. The van der Waals surface area contributed by atoms with E-state index in [1.807, 2.05) is 18.2 Å². The zero-order valence-corrected chi connectivity index (χ0v) is 11.0. The summed E-state index contributed by atoms with van der Waals surface area (Å²) in [5, 5.41) is 0. The predicted octanol–water partition coefficient (Wildman–Crippen LogP) is 3.34. The van der Waals surface area contributed by atoms with Crippen LogP contribution < -0.4 is 0 Å². The van der Waals surface area contributed by atoms with Crippen molar-refractivity contribution >= 4 is 5.91 Å². The Morgan fingerprint density at radius 3 is 2.78 bits per heavy atom. The summed E-state index contributed by atoms with van der Waals surface area (Å²) in [6.45, 7) is 5.17. The first-order valence-corrected chi connectivity index (χ1v) is 6.74. The maximum atomic E-state index is 12.6. The fourth-order valence-corrected chi connectivity index (χ4v) is 3.24. The summed E-state index contributed by atoms with van der Waals surface area (Å²) < 4.78 is 0. The van der Waals surface area contributed by atoms with Gasteiger partial charge in [-0.25, -0.2) is 0 Å². The van der Waals surface area contributed by atoms with Crippen molar-refractivity contribution in [1.82, 2.24) is 4.90 Å². The van der Waals surface area contributed by atoms with Crippen molar-refractivity contribution in [2.24, 2.45) is 5.92 Å². The van der Waals surface area contributed by atoms with E-state index in [0.29, 0.717) is 5.92 Å². The number of amides is 1. The lowest BCUT2D eigenvalue weighted by molar-refractivity contribution is 0.0601. The first-order valence-electron chi connectivity index (χ1n) is 6.74. The second-order valence-electron chi connectivity index (χ2n) is 5.72. The lowest BCUT2D eigenvalue weighted by atomic mass is 9.88. The topological polar surface area (TPSA) is 20.3 Å². The minimum Gasteiger partial charge on any atom is -0.325 e. The smallest absolute Gasteiger partial charge is 0.255 e. The first-order chi connectivity index (χ1) is 8.65. The van der Waals surface area contributed by atoms with Gasteiger partial charge >= 0.3 is 0 Å². The van der Waals surface area contributed by atoms with Gasteiger partial charge in [-0.1, -0.05) is 44.2 Å². The van der Waals surface area contributed by atoms with Crippen molar-refractivity contribution in [1.29, 1.82) is 0 Å². The van der Waals surface area contributed by atoms with Gasteiger partial charge < -0.3 is 4.90 Å². The van der Waals surface area contributed by atoms with E-state index in [-0.39, 0.29) is 11.4 Å². The molecule has 1 unspecified atom stereocenters. The average molecular weight is 241 g/mol. The fourth-order valence-electron chi connectivity index (χ4n) is 3.24. The number of allylic oxidation sites excluding steroid dienone is 1. The van der Waals surface area contributed by atoms with Gasteiger partial charge in [0.15, 0.2) is 0 Å². The van der Waals surface area contributed by atoms with Crippen LogP contribution in [0.2, 0.25) is 0 Å². The number of benzene rings is 1. The van der Waals surface area contributed by atoms with Gasteiger partial charge in [0.1, 0.15) is 0 Å². The van der Waals surface area contributed by atoms with Crippen LogP contribution in [0.25, 0.3) is 0 Å². The Morgan fingerprint density at radius 2 is 2.11 bits per heavy atom. The number of rotatable bonds is 2. The minimum atomic E-state index is -0.155. The molecule has 0 fully saturated rings. The number of nitrogens with zero attached hydrogens (tertiary/aromatic N) is 1. The zero-order valence-electron chi connectivity index (χ0n) is 11.0. The van der Waals surface area contributed by atoms with Crippen molar-refractivity contribution in [3.05, 3.63) is 47.5 Å². The van der Waals surface area contributed by atoms with E-state index >= 15 is 0 Å². The average Bonchev–Trinajstić information content (AvgIpc) is 2.92. The molecule has 2 nitrogen and oxygen atoms in total. The van der Waals surface area contributed by atoms with Crippen LogP contribution in [0.3, 0.4) is 0 Å². The molecule has 1 aromatic carbocycles. The number of fused-ring (bicyclic) bond motifs is 2. The summed E-state index contributed by atoms with van der Waals surface area (Å²) in [5.41, 5.74) is 1.94. The summed E-state index contributed by atoms with van der Waals surface area (Å²) in [5.74, 6) is 0.694. The van der Waals surface area contributed by atoms with Crippen LogP contribution >= 0.6 is 0 Å². The molecular weight excluding hydrogens is 222 g/mol. The van der Waals surface area contributed by atoms with Gasteiger partial charge in [0, 0.05) is 12.1 Å². The highest BCUT2D eigenvalue weighted by atomic mass is 16.2. The molecular formula is C16H19NO. The quantitative estimate of drug-likeness (QED) is 0.727. The van der Waals surface area contributed by atoms with E-state index in [1.54, 1.807) is 0 Å². The number of carbonyl (C=O) groups is 1. The molecule has 0 aromatic heterocycles. The Bertz CT molecular complexity index is 518. The Hall–Kier alpha value is -1.57. The Balaban J connectivity index is 2.12. The maximum absolute atomic E-state index is 12.6. The molecule has 3 rings (SSSR count). The van der Waals surface area contributed by atoms with E-state index in [0.717, 1.165) is 24.9 Å². The molecule has 0 radical (unpaired) electrons. The molecule has 2 aliphatic rings. The maximum Gasteiger partial charge on any atom is 0.255 e. The summed E-state index contributed by atoms with van der Waals surface area (Å²) in [6.07, 6.45) is 6.54. The summed E-state index contributed by atoms with van der Waals surface area (Å²) >= 11 is 0. The molecule has 2 heteroatoms. The third-order valence-corrected chi connectivity index (χ3v) is 3.98. The molecule has 94 valence electrons. The monoisotopic (exact) mass is 241 g/mol. The summed E-state index contributed by atoms with van der Waals surface area (Å²) in [6, 6.07) is 8.08. The molecule has 1 aromatic rings. The van der Waals surface area contributed by atoms with Gasteiger partial charge in [0.05, 0.1) is 5.54 Å². The Labute approximate surface area is 108 Å². The van der Waals surface area contributed by atoms with Gasteiger partial charge in [-0.05, 0) is 30.4 Å². The van der Waals surface area contributed by atoms with Gasteiger partial charge in [-0.15, -0.1) is 0 Å². The molecule has 1 amide bonds. The predicted molar refractivity (Wildman–Crippen MR) is 72.4 cm³/mol. The SMILES string of the molecule is CC(C)CN1C(=O)c2ccccc2C12C=CCC2. The highest BCUT2D eigenvalue weighted by Crippen LogP contribution is 2.46. The van der Waals surface area contributed by atoms with Crippen molar-refractivity contribution < 1.29 is 4.79 Å². The minimum absolute atomic E-state index is 0.155. The lowest BCUT2D eigenvalue weighted by Crippen LogP contribution is -2.43. The fraction of sp³-hybridized carbons (Fsp3) is 0.438. The molecule has 1 aliphatic carbocycles. The molecule has 0 saturated heterocycles. The molecule has 0 bridgehead atoms. The van der Waals surface area contributed by atoms with Crippen molar-refractivity contribution in [2.75, 3.05) is 6.54 Å². The Morgan fingerprint density at radius 1 is 1.33 bits per heavy atom. The largest absolute Gasteiger partial charge is 0.325 e. The molecule has 0 saturated carbocycles. The van der Waals surface area contributed by atoms with Crippen LogP contribution in [0, 0.1) is 5.92 Å². The normalized spacial score (nSPS) is 25.5. The summed E-state index contributed by atoms with van der Waals surface area (Å²) in [7, 11) is 0. The van der Waals surface area contributed by atoms with Crippen LogP contribution in [-0.4, -0.2) is 17.4 Å². The molecule has 0 N–H and O–H groups in total. The Kier molecular flexibility index (Phi) is 2.54. The molecule has 1 atom stereocenters. The molecule has 1 aliphatic heterocycles. The number of hydrogen-bond donors (Lipinski definition) is 0. The zero-order chi connectivity index (χ0) is 12.8. The van der Waals surface area contributed by atoms with E-state index in [2.05, 4.69) is 37.0 Å². The first kappa shape index (κ1) is 11.5. The van der Waals surface area contributed by atoms with Gasteiger partial charge in [-0.3, -0.25) is 4.79 Å². The van der Waals surface area contributed by atoms with Crippen molar-refractivity contribution in [3.8, 4) is 0 Å². The third kappa shape index (κ3) is 1.45. The summed E-state index contributed by atoms with van der Waals surface area (Å²) in [4.78, 5) is 14.7. The van der Waals surface area contributed by atoms with Gasteiger partial charge in [-0.2, -0.15) is 0 Å². The van der Waals surface area contributed by atoms with Crippen LogP contribution in [0.5, 0.6) is 0 Å².